The van der Waals surface area contributed by atoms with E-state index in [1.54, 1.807) is 43.7 Å². The summed E-state index contributed by atoms with van der Waals surface area (Å²) in [5.74, 6) is -0.252. The van der Waals surface area contributed by atoms with E-state index < -0.39 is 5.54 Å². The van der Waals surface area contributed by atoms with Crippen LogP contribution in [0.1, 0.15) is 29.9 Å². The van der Waals surface area contributed by atoms with Crippen LogP contribution >= 0.6 is 11.6 Å². The number of amides is 2. The third-order valence-electron chi connectivity index (χ3n) is 3.62. The van der Waals surface area contributed by atoms with Gasteiger partial charge in [-0.2, -0.15) is 0 Å². The number of pyridine rings is 1. The highest BCUT2D eigenvalue weighted by atomic mass is 35.5. The van der Waals surface area contributed by atoms with Gasteiger partial charge in [0, 0.05) is 31.4 Å². The van der Waals surface area contributed by atoms with Crippen molar-refractivity contribution < 1.29 is 9.59 Å². The van der Waals surface area contributed by atoms with Gasteiger partial charge >= 0.3 is 0 Å². The van der Waals surface area contributed by atoms with E-state index in [2.05, 4.69) is 4.98 Å². The van der Waals surface area contributed by atoms with Crippen LogP contribution in [-0.4, -0.2) is 52.3 Å². The zero-order chi connectivity index (χ0) is 15.1. The molecule has 1 aliphatic rings. The SMILES string of the molecule is Cc1cc(C(=O)N2CCN(C)C(=O)C2(C)C)cc(Cl)n1. The number of halogens is 1. The third kappa shape index (κ3) is 2.50. The largest absolute Gasteiger partial charge is 0.342 e. The minimum Gasteiger partial charge on any atom is -0.342 e. The summed E-state index contributed by atoms with van der Waals surface area (Å²) < 4.78 is 0. The first-order valence-corrected chi connectivity index (χ1v) is 6.83. The molecule has 0 N–H and O–H groups in total. The van der Waals surface area contributed by atoms with Crippen molar-refractivity contribution in [2.45, 2.75) is 26.3 Å². The zero-order valence-corrected chi connectivity index (χ0v) is 12.9. The Bertz CT molecular complexity index is 551. The van der Waals surface area contributed by atoms with E-state index in [0.29, 0.717) is 24.3 Å². The summed E-state index contributed by atoms with van der Waals surface area (Å²) in [4.78, 5) is 32.2. The average Bonchev–Trinajstić information content (AvgIpc) is 2.34. The molecule has 2 heterocycles. The molecule has 0 aliphatic carbocycles. The molecule has 0 spiro atoms. The van der Waals surface area contributed by atoms with Crippen LogP contribution in [0.4, 0.5) is 0 Å². The number of rotatable bonds is 1. The van der Waals surface area contributed by atoms with E-state index in [1.807, 2.05) is 0 Å². The number of piperazine rings is 1. The molecule has 108 valence electrons. The van der Waals surface area contributed by atoms with Gasteiger partial charge in [-0.3, -0.25) is 9.59 Å². The molecular weight excluding hydrogens is 278 g/mol. The lowest BCUT2D eigenvalue weighted by molar-refractivity contribution is -0.144. The molecule has 2 rings (SSSR count). The Labute approximate surface area is 123 Å². The van der Waals surface area contributed by atoms with Crippen molar-refractivity contribution in [2.24, 2.45) is 0 Å². The van der Waals surface area contributed by atoms with Gasteiger partial charge in [0.25, 0.3) is 5.91 Å². The van der Waals surface area contributed by atoms with E-state index in [0.717, 1.165) is 0 Å². The summed E-state index contributed by atoms with van der Waals surface area (Å²) >= 11 is 5.90. The number of carbonyl (C=O) groups is 2. The molecule has 0 bridgehead atoms. The van der Waals surface area contributed by atoms with Crippen LogP contribution < -0.4 is 0 Å². The maximum atomic E-state index is 12.6. The number of likely N-dealkylation sites (N-methyl/N-ethyl adjacent to an activating group) is 1. The molecule has 1 aromatic heterocycles. The Morgan fingerprint density at radius 1 is 1.35 bits per heavy atom. The Morgan fingerprint density at radius 3 is 2.60 bits per heavy atom. The van der Waals surface area contributed by atoms with Gasteiger partial charge in [-0.1, -0.05) is 11.6 Å². The van der Waals surface area contributed by atoms with Crippen LogP contribution in [0.2, 0.25) is 5.15 Å². The Morgan fingerprint density at radius 2 is 2.00 bits per heavy atom. The average molecular weight is 296 g/mol. The maximum Gasteiger partial charge on any atom is 0.254 e. The number of aromatic nitrogens is 1. The number of hydrogen-bond acceptors (Lipinski definition) is 3. The maximum absolute atomic E-state index is 12.6. The first-order valence-electron chi connectivity index (χ1n) is 6.45. The minimum absolute atomic E-state index is 0.0611. The summed E-state index contributed by atoms with van der Waals surface area (Å²) in [6.07, 6.45) is 0. The predicted octanol–water partition coefficient (Wildman–Crippen LogP) is 1.74. The van der Waals surface area contributed by atoms with E-state index in [4.69, 9.17) is 11.6 Å². The van der Waals surface area contributed by atoms with Gasteiger partial charge in [-0.15, -0.1) is 0 Å². The molecule has 1 aromatic rings. The highest BCUT2D eigenvalue weighted by Gasteiger charge is 2.43. The fourth-order valence-electron chi connectivity index (χ4n) is 2.48. The van der Waals surface area contributed by atoms with Crippen molar-refractivity contribution in [2.75, 3.05) is 20.1 Å². The second-order valence-electron chi connectivity index (χ2n) is 5.56. The van der Waals surface area contributed by atoms with Crippen LogP contribution in [0.5, 0.6) is 0 Å². The fraction of sp³-hybridized carbons (Fsp3) is 0.500. The second kappa shape index (κ2) is 5.05. The van der Waals surface area contributed by atoms with Gasteiger partial charge in [0.15, 0.2) is 0 Å². The van der Waals surface area contributed by atoms with Gasteiger partial charge < -0.3 is 9.80 Å². The summed E-state index contributed by atoms with van der Waals surface area (Å²) in [7, 11) is 1.75. The smallest absolute Gasteiger partial charge is 0.254 e. The highest BCUT2D eigenvalue weighted by Crippen LogP contribution is 2.24. The van der Waals surface area contributed by atoms with Crippen molar-refractivity contribution in [3.8, 4) is 0 Å². The van der Waals surface area contributed by atoms with Crippen LogP contribution in [0.3, 0.4) is 0 Å². The molecule has 1 fully saturated rings. The van der Waals surface area contributed by atoms with E-state index in [9.17, 15) is 9.59 Å². The number of carbonyl (C=O) groups excluding carboxylic acids is 2. The first-order chi connectivity index (χ1) is 9.23. The van der Waals surface area contributed by atoms with Crippen molar-refractivity contribution in [1.82, 2.24) is 14.8 Å². The number of aryl methyl sites for hydroxylation is 1. The fourth-order valence-corrected chi connectivity index (χ4v) is 2.73. The van der Waals surface area contributed by atoms with E-state index >= 15 is 0 Å². The van der Waals surface area contributed by atoms with Crippen LogP contribution in [-0.2, 0) is 4.79 Å². The van der Waals surface area contributed by atoms with Crippen molar-refractivity contribution >= 4 is 23.4 Å². The van der Waals surface area contributed by atoms with Crippen molar-refractivity contribution in [3.05, 3.63) is 28.5 Å². The summed E-state index contributed by atoms with van der Waals surface area (Å²) in [6, 6.07) is 3.23. The van der Waals surface area contributed by atoms with Crippen LogP contribution in [0, 0.1) is 6.92 Å². The molecule has 0 radical (unpaired) electrons. The normalized spacial score (nSPS) is 18.4. The lowest BCUT2D eigenvalue weighted by Crippen LogP contribution is -2.63. The van der Waals surface area contributed by atoms with Crippen molar-refractivity contribution in [3.63, 3.8) is 0 Å². The zero-order valence-electron chi connectivity index (χ0n) is 12.1. The molecular formula is C14H18ClN3O2. The third-order valence-corrected chi connectivity index (χ3v) is 3.81. The van der Waals surface area contributed by atoms with E-state index in [1.165, 1.54) is 6.07 Å². The van der Waals surface area contributed by atoms with Crippen LogP contribution in [0.15, 0.2) is 12.1 Å². The molecule has 6 heteroatoms. The molecule has 0 atom stereocenters. The number of hydrogen-bond donors (Lipinski definition) is 0. The van der Waals surface area contributed by atoms with Gasteiger partial charge in [0.1, 0.15) is 10.7 Å². The molecule has 5 nitrogen and oxygen atoms in total. The monoisotopic (exact) mass is 295 g/mol. The second-order valence-corrected chi connectivity index (χ2v) is 5.95. The number of nitrogens with zero attached hydrogens (tertiary/aromatic N) is 3. The minimum atomic E-state index is -0.853. The molecule has 1 saturated heterocycles. The Hall–Kier alpha value is -1.62. The quantitative estimate of drug-likeness (QED) is 0.742. The molecule has 20 heavy (non-hydrogen) atoms. The first kappa shape index (κ1) is 14.8. The Kier molecular flexibility index (Phi) is 3.73. The standard InChI is InChI=1S/C14H18ClN3O2/c1-9-7-10(8-11(15)16-9)12(19)18-6-5-17(4)13(20)14(18,2)3/h7-8H,5-6H2,1-4H3. The highest BCUT2D eigenvalue weighted by molar-refractivity contribution is 6.29. The van der Waals surface area contributed by atoms with Gasteiger partial charge in [-0.05, 0) is 32.9 Å². The molecule has 1 aliphatic heterocycles. The lowest BCUT2D eigenvalue weighted by atomic mass is 9.96. The molecule has 0 saturated carbocycles. The van der Waals surface area contributed by atoms with Gasteiger partial charge in [-0.25, -0.2) is 4.98 Å². The molecule has 2 amide bonds. The topological polar surface area (TPSA) is 53.5 Å². The van der Waals surface area contributed by atoms with E-state index in [-0.39, 0.29) is 17.0 Å². The Balaban J connectivity index is 2.35. The van der Waals surface area contributed by atoms with Gasteiger partial charge in [0.05, 0.1) is 0 Å². The van der Waals surface area contributed by atoms with Crippen LogP contribution in [0.25, 0.3) is 0 Å². The van der Waals surface area contributed by atoms with Crippen molar-refractivity contribution in [1.29, 1.82) is 0 Å². The summed E-state index contributed by atoms with van der Waals surface area (Å²) in [6.45, 7) is 6.35. The lowest BCUT2D eigenvalue weighted by Gasteiger charge is -2.44. The summed E-state index contributed by atoms with van der Waals surface area (Å²) in [5, 5.41) is 0.284. The predicted molar refractivity (Wildman–Crippen MR) is 76.7 cm³/mol. The molecule has 0 unspecified atom stereocenters. The van der Waals surface area contributed by atoms with Gasteiger partial charge in [0.2, 0.25) is 5.91 Å². The molecule has 0 aromatic carbocycles. The summed E-state index contributed by atoms with van der Waals surface area (Å²) in [5.41, 5.74) is 0.292.